The van der Waals surface area contributed by atoms with E-state index in [9.17, 15) is 9.18 Å². The van der Waals surface area contributed by atoms with Crippen molar-refractivity contribution in [2.24, 2.45) is 0 Å². The van der Waals surface area contributed by atoms with E-state index in [1.165, 1.54) is 6.07 Å². The minimum atomic E-state index is -0.490. The van der Waals surface area contributed by atoms with E-state index in [0.717, 1.165) is 11.1 Å². The predicted octanol–water partition coefficient (Wildman–Crippen LogP) is 3.74. The molecule has 96 valence electrons. The van der Waals surface area contributed by atoms with Gasteiger partial charge in [0.25, 0.3) is 5.91 Å². The Labute approximate surface area is 119 Å². The first-order chi connectivity index (χ1) is 9.16. The van der Waals surface area contributed by atoms with Gasteiger partial charge in [0.2, 0.25) is 0 Å². The van der Waals surface area contributed by atoms with E-state index in [2.05, 4.69) is 15.9 Å². The van der Waals surface area contributed by atoms with Crippen LogP contribution in [0.5, 0.6) is 0 Å². The Hall–Kier alpha value is -1.68. The second kappa shape index (κ2) is 4.78. The second-order valence-electron chi connectivity index (χ2n) is 4.53. The Morgan fingerprint density at radius 3 is 2.26 bits per heavy atom. The highest BCUT2D eigenvalue weighted by Gasteiger charge is 2.27. The number of hydrogen-bond donors (Lipinski definition) is 0. The van der Waals surface area contributed by atoms with E-state index in [1.807, 2.05) is 24.3 Å². The number of fused-ring (bicyclic) bond motifs is 1. The SMILES string of the molecule is O=C(c1c(F)cccc1Br)N1Cc2ccccc2C1. The highest BCUT2D eigenvalue weighted by molar-refractivity contribution is 9.10. The summed E-state index contributed by atoms with van der Waals surface area (Å²) in [5.41, 5.74) is 2.36. The van der Waals surface area contributed by atoms with Gasteiger partial charge < -0.3 is 4.90 Å². The molecule has 0 unspecified atom stereocenters. The molecule has 3 rings (SSSR count). The fourth-order valence-electron chi connectivity index (χ4n) is 2.34. The number of benzene rings is 2. The van der Waals surface area contributed by atoms with Gasteiger partial charge in [-0.05, 0) is 39.2 Å². The van der Waals surface area contributed by atoms with Crippen LogP contribution >= 0.6 is 15.9 Å². The van der Waals surface area contributed by atoms with Gasteiger partial charge in [0.05, 0.1) is 5.56 Å². The van der Waals surface area contributed by atoms with Gasteiger partial charge in [-0.1, -0.05) is 30.3 Å². The van der Waals surface area contributed by atoms with E-state index in [0.29, 0.717) is 17.6 Å². The molecule has 0 fully saturated rings. The summed E-state index contributed by atoms with van der Waals surface area (Å²) in [6.07, 6.45) is 0. The zero-order valence-electron chi connectivity index (χ0n) is 10.1. The minimum absolute atomic E-state index is 0.107. The summed E-state index contributed by atoms with van der Waals surface area (Å²) in [6.45, 7) is 1.07. The lowest BCUT2D eigenvalue weighted by molar-refractivity contribution is 0.0745. The Kier molecular flexibility index (Phi) is 3.11. The van der Waals surface area contributed by atoms with Crippen LogP contribution in [-0.2, 0) is 13.1 Å². The van der Waals surface area contributed by atoms with Gasteiger partial charge in [0.15, 0.2) is 0 Å². The van der Waals surface area contributed by atoms with E-state index in [-0.39, 0.29) is 11.5 Å². The number of carbonyl (C=O) groups excluding carboxylic acids is 1. The first-order valence-electron chi connectivity index (χ1n) is 5.97. The van der Waals surface area contributed by atoms with Gasteiger partial charge in [-0.2, -0.15) is 0 Å². The second-order valence-corrected chi connectivity index (χ2v) is 5.38. The van der Waals surface area contributed by atoms with Gasteiger partial charge in [-0.25, -0.2) is 4.39 Å². The van der Waals surface area contributed by atoms with Crippen LogP contribution in [-0.4, -0.2) is 10.8 Å². The van der Waals surface area contributed by atoms with Crippen LogP contribution in [0, 0.1) is 5.82 Å². The highest BCUT2D eigenvalue weighted by Crippen LogP contribution is 2.27. The molecule has 0 aliphatic carbocycles. The summed E-state index contributed by atoms with van der Waals surface area (Å²) in [5, 5.41) is 0. The number of hydrogen-bond acceptors (Lipinski definition) is 1. The predicted molar refractivity (Wildman–Crippen MR) is 74.1 cm³/mol. The average molecular weight is 320 g/mol. The van der Waals surface area contributed by atoms with Gasteiger partial charge in [-0.3, -0.25) is 4.79 Å². The zero-order valence-corrected chi connectivity index (χ0v) is 11.7. The molecule has 2 nitrogen and oxygen atoms in total. The number of amides is 1. The van der Waals surface area contributed by atoms with Crippen molar-refractivity contribution in [2.45, 2.75) is 13.1 Å². The van der Waals surface area contributed by atoms with Crippen LogP contribution in [0.25, 0.3) is 0 Å². The Bertz CT molecular complexity index is 611. The smallest absolute Gasteiger partial charge is 0.258 e. The van der Waals surface area contributed by atoms with E-state index < -0.39 is 5.82 Å². The molecule has 0 aromatic heterocycles. The van der Waals surface area contributed by atoms with Crippen molar-refractivity contribution in [1.82, 2.24) is 4.90 Å². The lowest BCUT2D eigenvalue weighted by Gasteiger charge is -2.16. The average Bonchev–Trinajstić information content (AvgIpc) is 2.82. The van der Waals surface area contributed by atoms with Gasteiger partial charge in [0.1, 0.15) is 5.82 Å². The maximum absolute atomic E-state index is 13.8. The molecule has 2 aromatic rings. The van der Waals surface area contributed by atoms with Crippen LogP contribution in [0.15, 0.2) is 46.9 Å². The van der Waals surface area contributed by atoms with Gasteiger partial charge in [0, 0.05) is 17.6 Å². The number of rotatable bonds is 1. The lowest BCUT2D eigenvalue weighted by Crippen LogP contribution is -2.26. The Morgan fingerprint density at radius 1 is 1.05 bits per heavy atom. The van der Waals surface area contributed by atoms with E-state index in [1.54, 1.807) is 17.0 Å². The molecule has 1 amide bonds. The van der Waals surface area contributed by atoms with Crippen molar-refractivity contribution >= 4 is 21.8 Å². The molecular formula is C15H11BrFNO. The summed E-state index contributed by atoms with van der Waals surface area (Å²) >= 11 is 3.24. The first kappa shape index (κ1) is 12.4. The Morgan fingerprint density at radius 2 is 1.68 bits per heavy atom. The molecule has 1 aliphatic heterocycles. The topological polar surface area (TPSA) is 20.3 Å². The van der Waals surface area contributed by atoms with Crippen molar-refractivity contribution in [1.29, 1.82) is 0 Å². The number of halogens is 2. The van der Waals surface area contributed by atoms with Crippen LogP contribution in [0.4, 0.5) is 4.39 Å². The van der Waals surface area contributed by atoms with Crippen molar-refractivity contribution in [2.75, 3.05) is 0 Å². The van der Waals surface area contributed by atoms with E-state index in [4.69, 9.17) is 0 Å². The van der Waals surface area contributed by atoms with Crippen LogP contribution in [0.3, 0.4) is 0 Å². The third-order valence-corrected chi connectivity index (χ3v) is 3.97. The highest BCUT2D eigenvalue weighted by atomic mass is 79.9. The number of carbonyl (C=O) groups is 1. The molecule has 0 bridgehead atoms. The molecule has 0 spiro atoms. The zero-order chi connectivity index (χ0) is 13.4. The normalized spacial score (nSPS) is 13.5. The summed E-state index contributed by atoms with van der Waals surface area (Å²) in [4.78, 5) is 14.1. The maximum Gasteiger partial charge on any atom is 0.258 e. The molecule has 0 N–H and O–H groups in total. The minimum Gasteiger partial charge on any atom is -0.330 e. The fraction of sp³-hybridized carbons (Fsp3) is 0.133. The summed E-state index contributed by atoms with van der Waals surface area (Å²) in [7, 11) is 0. The third kappa shape index (κ3) is 2.16. The van der Waals surface area contributed by atoms with Crippen LogP contribution in [0.1, 0.15) is 21.5 Å². The summed E-state index contributed by atoms with van der Waals surface area (Å²) in [6, 6.07) is 12.5. The molecule has 0 atom stereocenters. The van der Waals surface area contributed by atoms with Crippen molar-refractivity contribution in [3.63, 3.8) is 0 Å². The Balaban J connectivity index is 1.92. The lowest BCUT2D eigenvalue weighted by atomic mass is 10.1. The van der Waals surface area contributed by atoms with E-state index >= 15 is 0 Å². The van der Waals surface area contributed by atoms with Crippen LogP contribution < -0.4 is 0 Å². The van der Waals surface area contributed by atoms with Crippen molar-refractivity contribution in [3.8, 4) is 0 Å². The van der Waals surface area contributed by atoms with Crippen molar-refractivity contribution < 1.29 is 9.18 Å². The molecule has 1 aliphatic rings. The third-order valence-electron chi connectivity index (χ3n) is 3.30. The molecule has 2 aromatic carbocycles. The van der Waals surface area contributed by atoms with Crippen molar-refractivity contribution in [3.05, 3.63) is 69.4 Å². The molecular weight excluding hydrogens is 309 g/mol. The number of nitrogens with zero attached hydrogens (tertiary/aromatic N) is 1. The molecule has 1 heterocycles. The summed E-state index contributed by atoms with van der Waals surface area (Å²) < 4.78 is 14.3. The van der Waals surface area contributed by atoms with Gasteiger partial charge in [-0.15, -0.1) is 0 Å². The monoisotopic (exact) mass is 319 g/mol. The molecule has 19 heavy (non-hydrogen) atoms. The fourth-order valence-corrected chi connectivity index (χ4v) is 2.85. The quantitative estimate of drug-likeness (QED) is 0.784. The first-order valence-corrected chi connectivity index (χ1v) is 6.76. The standard InChI is InChI=1S/C15H11BrFNO/c16-12-6-3-7-13(17)14(12)15(19)18-8-10-4-1-2-5-11(10)9-18/h1-7H,8-9H2. The molecule has 0 radical (unpaired) electrons. The summed E-state index contributed by atoms with van der Waals surface area (Å²) in [5.74, 6) is -0.767. The van der Waals surface area contributed by atoms with Crippen LogP contribution in [0.2, 0.25) is 0 Å². The maximum atomic E-state index is 13.8. The molecule has 4 heteroatoms. The van der Waals surface area contributed by atoms with Gasteiger partial charge >= 0.3 is 0 Å². The molecule has 0 saturated heterocycles. The molecule has 0 saturated carbocycles. The largest absolute Gasteiger partial charge is 0.330 e.